The number of fused-ring (bicyclic) bond motifs is 3. The fourth-order valence-corrected chi connectivity index (χ4v) is 8.77. The second kappa shape index (κ2) is 10.8. The number of aromatic nitrogens is 1. The van der Waals surface area contributed by atoms with Gasteiger partial charge in [-0.25, -0.2) is 0 Å². The number of benzene rings is 2. The van der Waals surface area contributed by atoms with Crippen molar-refractivity contribution in [2.75, 3.05) is 30.4 Å². The number of nitrogens with zero attached hydrogens (tertiary/aromatic N) is 4. The third-order valence-electron chi connectivity index (χ3n) is 8.02. The van der Waals surface area contributed by atoms with Crippen LogP contribution in [0.1, 0.15) is 43.2 Å². The van der Waals surface area contributed by atoms with Gasteiger partial charge in [0.05, 0.1) is 4.53 Å². The molecule has 2 aromatic carbocycles. The van der Waals surface area contributed by atoms with E-state index in [9.17, 15) is 19.5 Å². The molecule has 1 aromatic heterocycles. The fraction of sp³-hybridized carbons (Fsp3) is 0.333. The van der Waals surface area contributed by atoms with E-state index in [-0.39, 0.29) is 5.91 Å². The summed E-state index contributed by atoms with van der Waals surface area (Å²) in [5, 5.41) is 9.52. The number of carboxylic acids is 1. The number of thiazole rings is 1. The van der Waals surface area contributed by atoms with E-state index in [0.717, 1.165) is 47.2 Å². The molecule has 6 rings (SSSR count). The number of thiocarbonyl (C=S) groups is 1. The van der Waals surface area contributed by atoms with E-state index in [0.29, 0.717) is 36.9 Å². The van der Waals surface area contributed by atoms with Gasteiger partial charge in [0.1, 0.15) is 20.4 Å². The van der Waals surface area contributed by atoms with Crippen LogP contribution in [0.2, 0.25) is 0 Å². The lowest BCUT2D eigenvalue weighted by Crippen LogP contribution is -2.35. The summed E-state index contributed by atoms with van der Waals surface area (Å²) in [5.74, 6) is -1.02. The summed E-state index contributed by atoms with van der Waals surface area (Å²) in [6, 6.07) is 15.4. The zero-order chi connectivity index (χ0) is 29.0. The van der Waals surface area contributed by atoms with Crippen molar-refractivity contribution in [3.05, 3.63) is 73.1 Å². The number of thioether (sulfide) groups is 1. The number of rotatable bonds is 6. The van der Waals surface area contributed by atoms with Gasteiger partial charge in [0, 0.05) is 49.7 Å². The van der Waals surface area contributed by atoms with Gasteiger partial charge >= 0.3 is 5.97 Å². The zero-order valence-corrected chi connectivity index (χ0v) is 25.4. The lowest BCUT2D eigenvalue weighted by Gasteiger charge is -2.27. The zero-order valence-electron chi connectivity index (χ0n) is 23.0. The molecule has 1 amide bonds. The van der Waals surface area contributed by atoms with Gasteiger partial charge in [-0.2, -0.15) is 0 Å². The number of amides is 1. The molecule has 41 heavy (non-hydrogen) atoms. The van der Waals surface area contributed by atoms with Crippen molar-refractivity contribution in [1.82, 2.24) is 9.47 Å². The molecule has 3 heterocycles. The quantitative estimate of drug-likeness (QED) is 0.426. The van der Waals surface area contributed by atoms with Gasteiger partial charge in [-0.3, -0.25) is 23.9 Å². The minimum atomic E-state index is -1.15. The van der Waals surface area contributed by atoms with Crippen molar-refractivity contribution in [2.24, 2.45) is 0 Å². The highest BCUT2D eigenvalue weighted by Gasteiger charge is 2.42. The average molecular weight is 607 g/mol. The first-order chi connectivity index (χ1) is 19.7. The van der Waals surface area contributed by atoms with Gasteiger partial charge in [0.15, 0.2) is 0 Å². The van der Waals surface area contributed by atoms with Gasteiger partial charge in [0.2, 0.25) is 0 Å². The van der Waals surface area contributed by atoms with Crippen LogP contribution in [0, 0.1) is 0 Å². The largest absolute Gasteiger partial charge is 0.480 e. The molecule has 2 atom stereocenters. The third kappa shape index (κ3) is 4.79. The molecule has 1 saturated heterocycles. The predicted molar refractivity (Wildman–Crippen MR) is 170 cm³/mol. The Bertz CT molecular complexity index is 1760. The Balaban J connectivity index is 1.44. The molecule has 2 aliphatic heterocycles. The first-order valence-electron chi connectivity index (χ1n) is 13.6. The molecule has 3 aromatic rings. The summed E-state index contributed by atoms with van der Waals surface area (Å²) in [5.41, 5.74) is 5.27. The maximum absolute atomic E-state index is 13.4. The van der Waals surface area contributed by atoms with Gasteiger partial charge in [0.25, 0.3) is 11.5 Å². The van der Waals surface area contributed by atoms with Crippen LogP contribution in [-0.2, 0) is 16.1 Å². The van der Waals surface area contributed by atoms with Crippen LogP contribution in [0.3, 0.4) is 0 Å². The molecule has 212 valence electrons. The number of carbonyl (C=O) groups excluding carboxylic acids is 1. The maximum atomic E-state index is 13.4. The molecule has 3 aliphatic rings. The molecule has 0 bridgehead atoms. The van der Waals surface area contributed by atoms with Gasteiger partial charge in [-0.15, -0.1) is 11.3 Å². The molecule has 2 unspecified atom stereocenters. The Kier molecular flexibility index (Phi) is 7.29. The second-order valence-electron chi connectivity index (χ2n) is 10.7. The summed E-state index contributed by atoms with van der Waals surface area (Å²) < 4.78 is 2.31. The number of hydrogen-bond donors (Lipinski definition) is 1. The van der Waals surface area contributed by atoms with Crippen molar-refractivity contribution < 1.29 is 14.7 Å². The first kappa shape index (κ1) is 27.7. The highest BCUT2D eigenvalue weighted by molar-refractivity contribution is 8.30. The minimum absolute atomic E-state index is 0.294. The lowest BCUT2D eigenvalue weighted by molar-refractivity contribution is -0.137. The van der Waals surface area contributed by atoms with Gasteiger partial charge in [-0.1, -0.05) is 36.5 Å². The normalized spacial score (nSPS) is 21.6. The van der Waals surface area contributed by atoms with Crippen LogP contribution in [-0.4, -0.2) is 57.5 Å². The van der Waals surface area contributed by atoms with Crippen LogP contribution in [0.4, 0.5) is 17.1 Å². The number of carboxylic acid groups (broad SMARTS) is 1. The van der Waals surface area contributed by atoms with E-state index in [1.54, 1.807) is 0 Å². The highest BCUT2D eigenvalue weighted by atomic mass is 32.2. The summed E-state index contributed by atoms with van der Waals surface area (Å²) in [7, 11) is 4.08. The molecule has 11 heteroatoms. The number of anilines is 3. The molecule has 2 fully saturated rings. The Hall–Kier alpha value is -3.41. The SMILES string of the molecule is CCN1C(=O)/C(=c2/s/c(=C/c3ccc4c(c3)C3CCCC3N4c3ccc(N(C)C)cc3)c(=O)n2CC(=O)O)SC1=S. The smallest absolute Gasteiger partial charge is 0.323 e. The molecular weight excluding hydrogens is 577 g/mol. The number of hydrogen-bond acceptors (Lipinski definition) is 8. The number of carbonyl (C=O) groups is 2. The molecular formula is C30H30N4O4S3. The number of aliphatic carboxylic acids is 1. The van der Waals surface area contributed by atoms with Crippen LogP contribution >= 0.6 is 35.3 Å². The summed E-state index contributed by atoms with van der Waals surface area (Å²) in [4.78, 5) is 44.4. The molecule has 1 saturated carbocycles. The van der Waals surface area contributed by atoms with Gasteiger partial charge < -0.3 is 14.9 Å². The Morgan fingerprint density at radius 3 is 2.56 bits per heavy atom. The van der Waals surface area contributed by atoms with Crippen molar-refractivity contribution in [3.63, 3.8) is 0 Å². The van der Waals surface area contributed by atoms with Crippen LogP contribution in [0.5, 0.6) is 0 Å². The monoisotopic (exact) mass is 606 g/mol. The molecule has 0 spiro atoms. The second-order valence-corrected chi connectivity index (χ2v) is 13.3. The average Bonchev–Trinajstić information content (AvgIpc) is 3.67. The van der Waals surface area contributed by atoms with E-state index in [1.165, 1.54) is 32.8 Å². The van der Waals surface area contributed by atoms with Crippen LogP contribution in [0.15, 0.2) is 47.3 Å². The maximum Gasteiger partial charge on any atom is 0.323 e. The standard InChI is InChI=1S/C30H30N4O4S3/c1-4-32-28(38)26(41-30(32)39)29-33(16-25(35)36)27(37)24(40-29)15-17-8-13-23-21(14-17)20-6-5-7-22(20)34(23)19-11-9-18(10-12-19)31(2)3/h8-15,20,22H,4-7,16H2,1-3H3,(H,35,36)/b24-15+,29-26-. The van der Waals surface area contributed by atoms with Crippen molar-refractivity contribution >= 4 is 79.6 Å². The first-order valence-corrected chi connectivity index (χ1v) is 15.6. The summed E-state index contributed by atoms with van der Waals surface area (Å²) >= 11 is 7.61. The topological polar surface area (TPSA) is 86.1 Å². The van der Waals surface area contributed by atoms with Gasteiger partial charge in [-0.05, 0) is 73.4 Å². The van der Waals surface area contributed by atoms with Crippen molar-refractivity contribution in [3.8, 4) is 0 Å². The fourth-order valence-electron chi connectivity index (χ4n) is 6.13. The minimum Gasteiger partial charge on any atom is -0.480 e. The van der Waals surface area contributed by atoms with Crippen molar-refractivity contribution in [1.29, 1.82) is 0 Å². The van der Waals surface area contributed by atoms with E-state index in [1.807, 2.05) is 33.2 Å². The summed E-state index contributed by atoms with van der Waals surface area (Å²) in [6.07, 6.45) is 5.23. The summed E-state index contributed by atoms with van der Waals surface area (Å²) in [6.45, 7) is 1.72. The van der Waals surface area contributed by atoms with E-state index in [4.69, 9.17) is 12.2 Å². The highest BCUT2D eigenvalue weighted by Crippen LogP contribution is 2.52. The molecule has 1 aliphatic carbocycles. The van der Waals surface area contributed by atoms with Crippen LogP contribution < -0.4 is 24.6 Å². The molecule has 0 radical (unpaired) electrons. The Morgan fingerprint density at radius 1 is 1.15 bits per heavy atom. The van der Waals surface area contributed by atoms with E-state index in [2.05, 4.69) is 46.2 Å². The molecule has 1 N–H and O–H groups in total. The predicted octanol–water partition coefficient (Wildman–Crippen LogP) is 3.67. The Labute approximate surface area is 251 Å². The molecule has 8 nitrogen and oxygen atoms in total. The Morgan fingerprint density at radius 2 is 1.90 bits per heavy atom. The van der Waals surface area contributed by atoms with E-state index >= 15 is 0 Å². The van der Waals surface area contributed by atoms with E-state index < -0.39 is 18.1 Å². The lowest BCUT2D eigenvalue weighted by atomic mass is 9.96. The van der Waals surface area contributed by atoms with Crippen LogP contribution in [0.25, 0.3) is 11.0 Å². The third-order valence-corrected chi connectivity index (χ3v) is 10.7. The van der Waals surface area contributed by atoms with Crippen molar-refractivity contribution in [2.45, 2.75) is 44.7 Å².